The Morgan fingerprint density at radius 1 is 1.23 bits per heavy atom. The number of aliphatic hydroxyl groups excluding tert-OH is 2. The highest BCUT2D eigenvalue weighted by Crippen LogP contribution is 2.68. The van der Waals surface area contributed by atoms with E-state index in [1.807, 2.05) is 13.0 Å². The highest BCUT2D eigenvalue weighted by atomic mass is 32.2. The summed E-state index contributed by atoms with van der Waals surface area (Å²) in [4.78, 5) is 26.7. The van der Waals surface area contributed by atoms with Crippen molar-refractivity contribution in [1.82, 2.24) is 0 Å². The first-order chi connectivity index (χ1) is 16.4. The highest BCUT2D eigenvalue weighted by molar-refractivity contribution is 8.00. The van der Waals surface area contributed by atoms with Gasteiger partial charge < -0.3 is 20.7 Å². The normalized spacial score (nSPS) is 50.1. The van der Waals surface area contributed by atoms with Crippen LogP contribution in [0, 0.1) is 34.0 Å². The minimum absolute atomic E-state index is 0.0194. The second kappa shape index (κ2) is 9.77. The van der Waals surface area contributed by atoms with Crippen molar-refractivity contribution in [3.8, 4) is 0 Å². The number of nitrogens with two attached hydrogens (primary N) is 1. The van der Waals surface area contributed by atoms with E-state index in [2.05, 4.69) is 27.4 Å². The lowest BCUT2D eigenvalue weighted by atomic mass is 9.44. The summed E-state index contributed by atoms with van der Waals surface area (Å²) in [5, 5.41) is 22.0. The SMILES string of the molecule is C=C[C@]1(C)C[C@@H](OC(=O)CS[C@@H]2CC[C@@H](N)C[C@H]2O)[C@]2(C)C(C)CCC3(CCC(=O)C32)[C@@H](C)[C@@H]1O. The largest absolute Gasteiger partial charge is 0.461 e. The van der Waals surface area contributed by atoms with Crippen LogP contribution in [-0.4, -0.2) is 57.3 Å². The molecule has 4 fully saturated rings. The Hall–Kier alpha value is -0.890. The molecule has 0 aromatic carbocycles. The summed E-state index contributed by atoms with van der Waals surface area (Å²) in [6.07, 6.45) is 6.01. The van der Waals surface area contributed by atoms with Gasteiger partial charge in [-0.1, -0.05) is 33.8 Å². The molecule has 0 heterocycles. The topological polar surface area (TPSA) is 110 Å². The molecule has 4 aliphatic carbocycles. The van der Waals surface area contributed by atoms with Gasteiger partial charge in [0.1, 0.15) is 11.9 Å². The van der Waals surface area contributed by atoms with Crippen molar-refractivity contribution < 1.29 is 24.5 Å². The summed E-state index contributed by atoms with van der Waals surface area (Å²) in [6, 6.07) is 0.0195. The summed E-state index contributed by atoms with van der Waals surface area (Å²) in [6.45, 7) is 12.5. The minimum atomic E-state index is -0.663. The molecule has 0 aliphatic heterocycles. The van der Waals surface area contributed by atoms with Gasteiger partial charge in [0.2, 0.25) is 0 Å². The van der Waals surface area contributed by atoms with E-state index in [0.29, 0.717) is 19.3 Å². The number of aliphatic hydroxyl groups is 2. The van der Waals surface area contributed by atoms with Crippen LogP contribution < -0.4 is 5.73 Å². The molecular formula is C28H45NO5S. The minimum Gasteiger partial charge on any atom is -0.461 e. The Labute approximate surface area is 214 Å². The molecule has 11 atom stereocenters. The number of esters is 1. The van der Waals surface area contributed by atoms with Gasteiger partial charge in [0.15, 0.2) is 0 Å². The number of carbonyl (C=O) groups is 2. The van der Waals surface area contributed by atoms with E-state index in [4.69, 9.17) is 10.5 Å². The maximum Gasteiger partial charge on any atom is 0.316 e. The molecule has 0 spiro atoms. The molecule has 4 saturated carbocycles. The van der Waals surface area contributed by atoms with Gasteiger partial charge in [0.25, 0.3) is 0 Å². The van der Waals surface area contributed by atoms with E-state index in [-0.39, 0.29) is 52.0 Å². The lowest BCUT2D eigenvalue weighted by Crippen LogP contribution is -2.63. The van der Waals surface area contributed by atoms with Gasteiger partial charge in [-0.2, -0.15) is 0 Å². The zero-order valence-electron chi connectivity index (χ0n) is 21.9. The average molecular weight is 508 g/mol. The highest BCUT2D eigenvalue weighted by Gasteiger charge is 2.68. The third-order valence-electron chi connectivity index (χ3n) is 10.8. The van der Waals surface area contributed by atoms with Gasteiger partial charge in [0, 0.05) is 34.5 Å². The fraction of sp³-hybridized carbons (Fsp3) is 0.857. The smallest absolute Gasteiger partial charge is 0.316 e. The van der Waals surface area contributed by atoms with Crippen LogP contribution in [0.1, 0.15) is 79.1 Å². The average Bonchev–Trinajstić information content (AvgIpc) is 3.17. The van der Waals surface area contributed by atoms with Crippen LogP contribution in [0.5, 0.6) is 0 Å². The predicted octanol–water partition coefficient (Wildman–Crippen LogP) is 3.87. The summed E-state index contributed by atoms with van der Waals surface area (Å²) in [7, 11) is 0. The molecule has 198 valence electrons. The number of hydrogen-bond acceptors (Lipinski definition) is 7. The molecule has 7 heteroatoms. The Balaban J connectivity index is 1.62. The van der Waals surface area contributed by atoms with Crippen molar-refractivity contribution in [1.29, 1.82) is 0 Å². The summed E-state index contributed by atoms with van der Waals surface area (Å²) in [5.74, 6) is 0.0613. The van der Waals surface area contributed by atoms with E-state index in [9.17, 15) is 19.8 Å². The fourth-order valence-electron chi connectivity index (χ4n) is 8.21. The van der Waals surface area contributed by atoms with Crippen molar-refractivity contribution in [3.05, 3.63) is 12.7 Å². The third-order valence-corrected chi connectivity index (χ3v) is 12.2. The lowest BCUT2D eigenvalue weighted by Gasteiger charge is -2.61. The Kier molecular flexibility index (Phi) is 7.58. The molecule has 4 N–H and O–H groups in total. The molecule has 6 nitrogen and oxygen atoms in total. The summed E-state index contributed by atoms with van der Waals surface area (Å²) >= 11 is 1.45. The maximum absolute atomic E-state index is 13.5. The summed E-state index contributed by atoms with van der Waals surface area (Å²) in [5.41, 5.74) is 4.57. The molecule has 35 heavy (non-hydrogen) atoms. The first-order valence-corrected chi connectivity index (χ1v) is 14.5. The van der Waals surface area contributed by atoms with Crippen LogP contribution in [0.2, 0.25) is 0 Å². The van der Waals surface area contributed by atoms with Crippen LogP contribution in [-0.2, 0) is 14.3 Å². The Bertz CT molecular complexity index is 851. The first-order valence-electron chi connectivity index (χ1n) is 13.5. The summed E-state index contributed by atoms with van der Waals surface area (Å²) < 4.78 is 6.29. The molecule has 3 unspecified atom stereocenters. The van der Waals surface area contributed by atoms with Gasteiger partial charge >= 0.3 is 5.97 Å². The zero-order chi connectivity index (χ0) is 25.8. The molecular weight excluding hydrogens is 462 g/mol. The van der Waals surface area contributed by atoms with Gasteiger partial charge in [-0.25, -0.2) is 0 Å². The number of ketones is 1. The fourth-order valence-corrected chi connectivity index (χ4v) is 9.27. The van der Waals surface area contributed by atoms with Crippen molar-refractivity contribution in [2.45, 2.75) is 109 Å². The number of ether oxygens (including phenoxy) is 1. The molecule has 2 bridgehead atoms. The zero-order valence-corrected chi connectivity index (χ0v) is 22.7. The number of thioether (sulfide) groups is 1. The molecule has 0 amide bonds. The van der Waals surface area contributed by atoms with Gasteiger partial charge in [-0.05, 0) is 62.2 Å². The predicted molar refractivity (Wildman–Crippen MR) is 139 cm³/mol. The van der Waals surface area contributed by atoms with Crippen LogP contribution in [0.4, 0.5) is 0 Å². The van der Waals surface area contributed by atoms with Crippen LogP contribution >= 0.6 is 11.8 Å². The van der Waals surface area contributed by atoms with Gasteiger partial charge in [0.05, 0.1) is 18.0 Å². The number of Topliss-reactive ketones (excluding diaryl/α,β-unsaturated/α-hetero) is 1. The van der Waals surface area contributed by atoms with E-state index in [0.717, 1.165) is 32.1 Å². The number of rotatable bonds is 5. The second-order valence-electron chi connectivity index (χ2n) is 12.6. The molecule has 4 aliphatic rings. The molecule has 0 aromatic heterocycles. The van der Waals surface area contributed by atoms with Crippen molar-refractivity contribution in [2.75, 3.05) is 5.75 Å². The maximum atomic E-state index is 13.5. The Morgan fingerprint density at radius 2 is 1.94 bits per heavy atom. The van der Waals surface area contributed by atoms with Crippen LogP contribution in [0.25, 0.3) is 0 Å². The molecule has 4 rings (SSSR count). The first kappa shape index (κ1) is 27.2. The van der Waals surface area contributed by atoms with Gasteiger partial charge in [-0.3, -0.25) is 9.59 Å². The lowest BCUT2D eigenvalue weighted by molar-refractivity contribution is -0.205. The Morgan fingerprint density at radius 3 is 2.60 bits per heavy atom. The van der Waals surface area contributed by atoms with E-state index >= 15 is 0 Å². The monoisotopic (exact) mass is 507 g/mol. The molecule has 0 saturated heterocycles. The number of hydrogen-bond donors (Lipinski definition) is 3. The number of carbonyl (C=O) groups excluding carboxylic acids is 2. The quantitative estimate of drug-likeness (QED) is 0.383. The van der Waals surface area contributed by atoms with Crippen LogP contribution in [0.3, 0.4) is 0 Å². The van der Waals surface area contributed by atoms with E-state index in [1.54, 1.807) is 0 Å². The molecule has 0 aromatic rings. The van der Waals surface area contributed by atoms with Crippen molar-refractivity contribution in [2.24, 2.45) is 39.7 Å². The second-order valence-corrected chi connectivity index (χ2v) is 13.8. The molecule has 0 radical (unpaired) electrons. The van der Waals surface area contributed by atoms with Crippen molar-refractivity contribution >= 4 is 23.5 Å². The van der Waals surface area contributed by atoms with E-state index < -0.39 is 29.1 Å². The van der Waals surface area contributed by atoms with Gasteiger partial charge in [-0.15, -0.1) is 18.3 Å². The van der Waals surface area contributed by atoms with E-state index in [1.165, 1.54) is 11.8 Å². The van der Waals surface area contributed by atoms with Crippen molar-refractivity contribution in [3.63, 3.8) is 0 Å². The third kappa shape index (κ3) is 4.42. The standard InChI is InChI=1S/C28H45NO5S/c1-6-26(4)14-22(34-23(32)15-35-21-8-7-18(29)13-20(21)31)27(5)16(2)9-11-28(17(3)25(26)33)12-10-19(30)24(27)28/h6,16-18,20-22,24-25,31,33H,1,7-15,29H2,2-5H3/t16?,17-,18+,20+,21+,22+,24?,25-,26+,27-,28?/m0/s1. The van der Waals surface area contributed by atoms with Crippen LogP contribution in [0.15, 0.2) is 12.7 Å².